The number of nitrogens with zero attached hydrogens (tertiary/aromatic N) is 2. The Labute approximate surface area is 213 Å². The molecule has 3 aromatic carbocycles. The minimum atomic E-state index is -0.531. The molecule has 1 heterocycles. The number of para-hydroxylation sites is 1. The Bertz CT molecular complexity index is 1560. The van der Waals surface area contributed by atoms with E-state index in [0.29, 0.717) is 28.5 Å². The molecule has 0 saturated heterocycles. The number of rotatable bonds is 6. The van der Waals surface area contributed by atoms with E-state index >= 15 is 0 Å². The van der Waals surface area contributed by atoms with Crippen molar-refractivity contribution in [2.24, 2.45) is 0 Å². The number of hydrogen-bond donors (Lipinski definition) is 1. The molecule has 4 aromatic rings. The number of benzene rings is 3. The molecule has 0 radical (unpaired) electrons. The van der Waals surface area contributed by atoms with Crippen molar-refractivity contribution in [3.63, 3.8) is 0 Å². The summed E-state index contributed by atoms with van der Waals surface area (Å²) in [6.45, 7) is 0.354. The van der Waals surface area contributed by atoms with Crippen molar-refractivity contribution >= 4 is 39.1 Å². The van der Waals surface area contributed by atoms with E-state index in [1.165, 1.54) is 17.4 Å². The fourth-order valence-electron chi connectivity index (χ4n) is 4.55. The van der Waals surface area contributed by atoms with E-state index in [9.17, 15) is 15.3 Å². The van der Waals surface area contributed by atoms with Crippen LogP contribution in [0.4, 0.5) is 5.00 Å². The highest BCUT2D eigenvalue weighted by molar-refractivity contribution is 7.16. The number of hydrogen-bond acceptors (Lipinski definition) is 5. The van der Waals surface area contributed by atoms with Crippen molar-refractivity contribution in [1.29, 1.82) is 10.5 Å². The maximum absolute atomic E-state index is 13.0. The molecule has 0 spiro atoms. The molecule has 36 heavy (non-hydrogen) atoms. The Morgan fingerprint density at radius 3 is 2.64 bits per heavy atom. The number of amides is 1. The molecular formula is C30H23N3O2S. The van der Waals surface area contributed by atoms with Crippen molar-refractivity contribution in [2.75, 3.05) is 5.32 Å². The van der Waals surface area contributed by atoms with Crippen LogP contribution in [0.1, 0.15) is 40.0 Å². The van der Waals surface area contributed by atoms with Gasteiger partial charge in [0.2, 0.25) is 0 Å². The summed E-state index contributed by atoms with van der Waals surface area (Å²) in [4.78, 5) is 14.2. The Morgan fingerprint density at radius 2 is 1.78 bits per heavy atom. The van der Waals surface area contributed by atoms with Gasteiger partial charge in [-0.1, -0.05) is 60.7 Å². The van der Waals surface area contributed by atoms with E-state index in [-0.39, 0.29) is 5.57 Å². The van der Waals surface area contributed by atoms with Gasteiger partial charge < -0.3 is 10.1 Å². The van der Waals surface area contributed by atoms with Crippen molar-refractivity contribution < 1.29 is 9.53 Å². The number of nitrogens with one attached hydrogen (secondary N) is 1. The third kappa shape index (κ3) is 4.73. The summed E-state index contributed by atoms with van der Waals surface area (Å²) in [5, 5.41) is 25.0. The first-order chi connectivity index (χ1) is 17.7. The normalized spacial score (nSPS) is 12.9. The second-order valence-corrected chi connectivity index (χ2v) is 9.72. The lowest BCUT2D eigenvalue weighted by Crippen LogP contribution is -2.13. The summed E-state index contributed by atoms with van der Waals surface area (Å²) in [6, 6.07) is 25.8. The van der Waals surface area contributed by atoms with Crippen molar-refractivity contribution in [1.82, 2.24) is 0 Å². The van der Waals surface area contributed by atoms with E-state index < -0.39 is 5.91 Å². The predicted octanol–water partition coefficient (Wildman–Crippen LogP) is 6.78. The van der Waals surface area contributed by atoms with Gasteiger partial charge >= 0.3 is 0 Å². The topological polar surface area (TPSA) is 85.9 Å². The molecule has 176 valence electrons. The molecule has 0 aliphatic heterocycles. The molecule has 5 rings (SSSR count). The van der Waals surface area contributed by atoms with Crippen LogP contribution in [-0.2, 0) is 24.2 Å². The number of aryl methyl sites for hydroxylation is 1. The standard InChI is InChI=1S/C30H23N3O2S/c31-17-23(29(34)33-30-26(18-32)25-13-4-6-15-28(25)36-30)16-21-9-2-5-14-27(21)35-19-22-11-7-10-20-8-1-3-12-24(20)22/h1-3,5,7-12,14,16H,4,6,13,15,19H2,(H,33,34)/b23-16+. The average molecular weight is 490 g/mol. The Kier molecular flexibility index (Phi) is 6.80. The van der Waals surface area contributed by atoms with Crippen LogP contribution in [0.15, 0.2) is 72.3 Å². The predicted molar refractivity (Wildman–Crippen MR) is 143 cm³/mol. The van der Waals surface area contributed by atoms with Crippen LogP contribution < -0.4 is 10.1 Å². The van der Waals surface area contributed by atoms with Crippen LogP contribution >= 0.6 is 11.3 Å². The van der Waals surface area contributed by atoms with E-state index in [0.717, 1.165) is 52.5 Å². The number of fused-ring (bicyclic) bond motifs is 2. The van der Waals surface area contributed by atoms with E-state index in [1.807, 2.05) is 54.6 Å². The van der Waals surface area contributed by atoms with Gasteiger partial charge in [-0.25, -0.2) is 0 Å². The lowest BCUT2D eigenvalue weighted by atomic mass is 9.96. The quantitative estimate of drug-likeness (QED) is 0.239. The first kappa shape index (κ1) is 23.4. The van der Waals surface area contributed by atoms with Gasteiger partial charge in [-0.15, -0.1) is 11.3 Å². The van der Waals surface area contributed by atoms with Crippen LogP contribution in [0.2, 0.25) is 0 Å². The largest absolute Gasteiger partial charge is 0.488 e. The lowest BCUT2D eigenvalue weighted by molar-refractivity contribution is -0.112. The van der Waals surface area contributed by atoms with E-state index in [2.05, 4.69) is 29.6 Å². The number of thiophene rings is 1. The molecular weight excluding hydrogens is 466 g/mol. The zero-order valence-corrected chi connectivity index (χ0v) is 20.4. The summed E-state index contributed by atoms with van der Waals surface area (Å²) in [6.07, 6.45) is 5.45. The van der Waals surface area contributed by atoms with Gasteiger partial charge in [0, 0.05) is 10.4 Å². The number of carbonyl (C=O) groups excluding carboxylic acids is 1. The first-order valence-corrected chi connectivity index (χ1v) is 12.7. The Balaban J connectivity index is 1.38. The van der Waals surface area contributed by atoms with Crippen LogP contribution in [-0.4, -0.2) is 5.91 Å². The zero-order chi connectivity index (χ0) is 24.9. The van der Waals surface area contributed by atoms with Gasteiger partial charge in [-0.3, -0.25) is 4.79 Å². The molecule has 6 heteroatoms. The number of anilines is 1. The summed E-state index contributed by atoms with van der Waals surface area (Å²) < 4.78 is 6.14. The Hall–Kier alpha value is -4.39. The minimum absolute atomic E-state index is 0.0496. The smallest absolute Gasteiger partial charge is 0.266 e. The highest BCUT2D eigenvalue weighted by atomic mass is 32.1. The summed E-state index contributed by atoms with van der Waals surface area (Å²) in [7, 11) is 0. The fourth-order valence-corrected chi connectivity index (χ4v) is 5.79. The highest BCUT2D eigenvalue weighted by Crippen LogP contribution is 2.38. The van der Waals surface area contributed by atoms with Crippen LogP contribution in [0.25, 0.3) is 16.8 Å². The number of nitriles is 2. The molecule has 0 saturated carbocycles. The van der Waals surface area contributed by atoms with Crippen LogP contribution in [0.3, 0.4) is 0 Å². The molecule has 5 nitrogen and oxygen atoms in total. The second kappa shape index (κ2) is 10.5. The zero-order valence-electron chi connectivity index (χ0n) is 19.6. The van der Waals surface area contributed by atoms with Crippen molar-refractivity contribution in [3.05, 3.63) is 99.4 Å². The van der Waals surface area contributed by atoms with Gasteiger partial charge in [0.15, 0.2) is 0 Å². The summed E-state index contributed by atoms with van der Waals surface area (Å²) >= 11 is 1.44. The summed E-state index contributed by atoms with van der Waals surface area (Å²) in [5.41, 5.74) is 3.20. The lowest BCUT2D eigenvalue weighted by Gasteiger charge is -2.11. The molecule has 1 amide bonds. The fraction of sp³-hybridized carbons (Fsp3) is 0.167. The maximum Gasteiger partial charge on any atom is 0.266 e. The van der Waals surface area contributed by atoms with Gasteiger partial charge in [0.05, 0.1) is 5.56 Å². The molecule has 1 N–H and O–H groups in total. The highest BCUT2D eigenvalue weighted by Gasteiger charge is 2.23. The van der Waals surface area contributed by atoms with E-state index in [4.69, 9.17) is 4.74 Å². The average Bonchev–Trinajstić information content (AvgIpc) is 3.27. The molecule has 0 atom stereocenters. The first-order valence-electron chi connectivity index (χ1n) is 11.8. The third-order valence-corrected chi connectivity index (χ3v) is 7.56. The SMILES string of the molecule is N#C/C(=C\c1ccccc1OCc1cccc2ccccc12)C(=O)Nc1sc2c(c1C#N)CCCC2. The minimum Gasteiger partial charge on any atom is -0.488 e. The molecule has 0 bridgehead atoms. The van der Waals surface area contributed by atoms with Crippen LogP contribution in [0, 0.1) is 22.7 Å². The van der Waals surface area contributed by atoms with Crippen molar-refractivity contribution in [3.8, 4) is 17.9 Å². The van der Waals surface area contributed by atoms with Gasteiger partial charge in [-0.05, 0) is 59.7 Å². The molecule has 0 fully saturated rings. The van der Waals surface area contributed by atoms with E-state index in [1.54, 1.807) is 0 Å². The Morgan fingerprint density at radius 1 is 1.00 bits per heavy atom. The second-order valence-electron chi connectivity index (χ2n) is 8.62. The van der Waals surface area contributed by atoms with Gasteiger partial charge in [-0.2, -0.15) is 10.5 Å². The van der Waals surface area contributed by atoms with Gasteiger partial charge in [0.25, 0.3) is 5.91 Å². The molecule has 1 aliphatic rings. The maximum atomic E-state index is 13.0. The summed E-state index contributed by atoms with van der Waals surface area (Å²) in [5.74, 6) is 0.0479. The van der Waals surface area contributed by atoms with Crippen molar-refractivity contribution in [2.45, 2.75) is 32.3 Å². The van der Waals surface area contributed by atoms with Crippen LogP contribution in [0.5, 0.6) is 5.75 Å². The monoisotopic (exact) mass is 489 g/mol. The van der Waals surface area contributed by atoms with Gasteiger partial charge in [0.1, 0.15) is 35.1 Å². The molecule has 1 aliphatic carbocycles. The molecule has 0 unspecified atom stereocenters. The number of ether oxygens (including phenoxy) is 1. The molecule has 1 aromatic heterocycles. The third-order valence-electron chi connectivity index (χ3n) is 6.36. The number of carbonyl (C=O) groups is 1.